The number of hydrogen-bond acceptors (Lipinski definition) is 6. The van der Waals surface area contributed by atoms with Crippen LogP contribution in [-0.4, -0.2) is 42.6 Å². The summed E-state index contributed by atoms with van der Waals surface area (Å²) in [6, 6.07) is 7.84. The van der Waals surface area contributed by atoms with Gasteiger partial charge in [-0.05, 0) is 55.0 Å². The number of thiophene rings is 1. The fourth-order valence-corrected chi connectivity index (χ4v) is 4.49. The van der Waals surface area contributed by atoms with E-state index in [0.717, 1.165) is 52.4 Å². The van der Waals surface area contributed by atoms with Gasteiger partial charge in [-0.3, -0.25) is 4.79 Å². The smallest absolute Gasteiger partial charge is 0.247 e. The Labute approximate surface area is 162 Å². The molecule has 0 saturated carbocycles. The Kier molecular flexibility index (Phi) is 4.70. The number of nitrogens with one attached hydrogen (secondary N) is 1. The molecule has 1 aliphatic heterocycles. The summed E-state index contributed by atoms with van der Waals surface area (Å²) in [4.78, 5) is 26.9. The van der Waals surface area contributed by atoms with E-state index in [1.807, 2.05) is 43.7 Å². The van der Waals surface area contributed by atoms with Crippen molar-refractivity contribution in [2.75, 3.05) is 35.8 Å². The van der Waals surface area contributed by atoms with E-state index in [-0.39, 0.29) is 11.9 Å². The van der Waals surface area contributed by atoms with Crippen molar-refractivity contribution in [3.8, 4) is 0 Å². The molecule has 0 radical (unpaired) electrons. The van der Waals surface area contributed by atoms with Crippen molar-refractivity contribution in [2.24, 2.45) is 0 Å². The quantitative estimate of drug-likeness (QED) is 0.747. The van der Waals surface area contributed by atoms with Crippen LogP contribution in [0.2, 0.25) is 0 Å². The van der Waals surface area contributed by atoms with Gasteiger partial charge in [-0.1, -0.05) is 0 Å². The first-order chi connectivity index (χ1) is 13.0. The molecule has 140 valence electrons. The van der Waals surface area contributed by atoms with Crippen LogP contribution in [0.15, 0.2) is 36.0 Å². The number of carbonyl (C=O) groups is 1. The first kappa shape index (κ1) is 17.7. The molecular weight excluding hydrogens is 358 g/mol. The van der Waals surface area contributed by atoms with Gasteiger partial charge >= 0.3 is 0 Å². The lowest BCUT2D eigenvalue weighted by Crippen LogP contribution is -2.40. The van der Waals surface area contributed by atoms with Crippen molar-refractivity contribution in [1.82, 2.24) is 9.97 Å². The number of fused-ring (bicyclic) bond motifs is 1. The minimum absolute atomic E-state index is 0.0199. The minimum Gasteiger partial charge on any atom is -0.377 e. The molecule has 0 unspecified atom stereocenters. The van der Waals surface area contributed by atoms with Gasteiger partial charge in [-0.15, -0.1) is 11.3 Å². The monoisotopic (exact) mass is 381 g/mol. The summed E-state index contributed by atoms with van der Waals surface area (Å²) in [5.74, 6) is 0.879. The number of carbonyl (C=O) groups excluding carboxylic acids is 1. The van der Waals surface area contributed by atoms with Crippen molar-refractivity contribution in [3.63, 3.8) is 0 Å². The van der Waals surface area contributed by atoms with E-state index in [4.69, 9.17) is 0 Å². The molecule has 7 heteroatoms. The van der Waals surface area contributed by atoms with Gasteiger partial charge in [0.1, 0.15) is 23.0 Å². The number of amides is 1. The van der Waals surface area contributed by atoms with Gasteiger partial charge in [0.15, 0.2) is 0 Å². The van der Waals surface area contributed by atoms with Gasteiger partial charge in [0.25, 0.3) is 0 Å². The zero-order valence-corrected chi connectivity index (χ0v) is 16.6. The molecule has 2 aromatic heterocycles. The molecule has 0 aliphatic carbocycles. The highest BCUT2D eigenvalue weighted by Crippen LogP contribution is 2.32. The summed E-state index contributed by atoms with van der Waals surface area (Å²) in [6.07, 6.45) is 3.40. The second-order valence-corrected chi connectivity index (χ2v) is 7.97. The fourth-order valence-electron chi connectivity index (χ4n) is 3.76. The van der Waals surface area contributed by atoms with Crippen molar-refractivity contribution in [2.45, 2.75) is 25.8 Å². The number of nitrogens with zero attached hydrogens (tertiary/aromatic N) is 4. The van der Waals surface area contributed by atoms with Gasteiger partial charge in [0.05, 0.1) is 5.39 Å². The molecule has 1 aromatic carbocycles. The molecule has 0 bridgehead atoms. The normalized spacial score (nSPS) is 16.7. The molecule has 27 heavy (non-hydrogen) atoms. The number of aryl methyl sites for hydroxylation is 1. The SMILES string of the molecule is Cc1cc(NC(=O)[C@H]2CCCN2c2ncnc3sccc23)ccc1N(C)C. The maximum Gasteiger partial charge on any atom is 0.247 e. The minimum atomic E-state index is -0.211. The highest BCUT2D eigenvalue weighted by molar-refractivity contribution is 7.16. The largest absolute Gasteiger partial charge is 0.377 e. The van der Waals surface area contributed by atoms with Crippen LogP contribution in [0.1, 0.15) is 18.4 Å². The topological polar surface area (TPSA) is 61.4 Å². The third-order valence-corrected chi connectivity index (χ3v) is 5.84. The first-order valence-electron chi connectivity index (χ1n) is 9.08. The second-order valence-electron chi connectivity index (χ2n) is 7.07. The van der Waals surface area contributed by atoms with Gasteiger partial charge < -0.3 is 15.1 Å². The van der Waals surface area contributed by atoms with Gasteiger partial charge in [0.2, 0.25) is 5.91 Å². The van der Waals surface area contributed by atoms with Crippen LogP contribution in [-0.2, 0) is 4.79 Å². The highest BCUT2D eigenvalue weighted by Gasteiger charge is 2.32. The van der Waals surface area contributed by atoms with Crippen LogP contribution in [0, 0.1) is 6.92 Å². The Morgan fingerprint density at radius 3 is 2.93 bits per heavy atom. The van der Waals surface area contributed by atoms with Crippen molar-refractivity contribution in [3.05, 3.63) is 41.5 Å². The fraction of sp³-hybridized carbons (Fsp3) is 0.350. The van der Waals surface area contributed by atoms with E-state index >= 15 is 0 Å². The van der Waals surface area contributed by atoms with Crippen LogP contribution in [0.5, 0.6) is 0 Å². The predicted molar refractivity (Wildman–Crippen MR) is 112 cm³/mol. The molecule has 1 aliphatic rings. The summed E-state index contributed by atoms with van der Waals surface area (Å²) in [6.45, 7) is 2.89. The van der Waals surface area contributed by atoms with E-state index in [1.54, 1.807) is 17.7 Å². The van der Waals surface area contributed by atoms with Crippen molar-refractivity contribution < 1.29 is 4.79 Å². The van der Waals surface area contributed by atoms with E-state index in [1.165, 1.54) is 0 Å². The summed E-state index contributed by atoms with van der Waals surface area (Å²) in [5, 5.41) is 6.13. The number of anilines is 3. The van der Waals surface area contributed by atoms with Gasteiger partial charge in [-0.2, -0.15) is 0 Å². The standard InChI is InChI=1S/C20H23N5OS/c1-13-11-14(6-7-16(13)24(2)3)23-19(26)17-5-4-9-25(17)18-15-8-10-27-20(15)22-12-21-18/h6-8,10-12,17H,4-5,9H2,1-3H3,(H,23,26)/t17-/m1/s1. The third-order valence-electron chi connectivity index (χ3n) is 5.01. The van der Waals surface area contributed by atoms with Crippen molar-refractivity contribution in [1.29, 1.82) is 0 Å². The number of aromatic nitrogens is 2. The zero-order valence-electron chi connectivity index (χ0n) is 15.8. The molecule has 1 amide bonds. The molecule has 1 saturated heterocycles. The molecule has 3 heterocycles. The van der Waals surface area contributed by atoms with Gasteiger partial charge in [-0.25, -0.2) is 9.97 Å². The average molecular weight is 382 g/mol. The van der Waals surface area contributed by atoms with Crippen LogP contribution in [0.25, 0.3) is 10.2 Å². The number of benzene rings is 1. The number of hydrogen-bond donors (Lipinski definition) is 1. The lowest BCUT2D eigenvalue weighted by atomic mass is 10.1. The molecule has 4 rings (SSSR count). The van der Waals surface area contributed by atoms with E-state index in [0.29, 0.717) is 0 Å². The lowest BCUT2D eigenvalue weighted by Gasteiger charge is -2.25. The Hall–Kier alpha value is -2.67. The van der Waals surface area contributed by atoms with E-state index in [2.05, 4.69) is 32.0 Å². The van der Waals surface area contributed by atoms with E-state index < -0.39 is 0 Å². The lowest BCUT2D eigenvalue weighted by molar-refractivity contribution is -0.117. The zero-order chi connectivity index (χ0) is 19.0. The molecule has 0 spiro atoms. The van der Waals surface area contributed by atoms with Crippen LogP contribution in [0.3, 0.4) is 0 Å². The Morgan fingerprint density at radius 2 is 2.15 bits per heavy atom. The molecule has 1 N–H and O–H groups in total. The van der Waals surface area contributed by atoms with Crippen LogP contribution >= 0.6 is 11.3 Å². The molecule has 3 aromatic rings. The van der Waals surface area contributed by atoms with Gasteiger partial charge in [0, 0.05) is 32.0 Å². The first-order valence-corrected chi connectivity index (χ1v) is 9.96. The Balaban J connectivity index is 1.56. The average Bonchev–Trinajstić information content (AvgIpc) is 3.30. The number of rotatable bonds is 4. The molecular formula is C20H23N5OS. The summed E-state index contributed by atoms with van der Waals surface area (Å²) in [5.41, 5.74) is 3.12. The Morgan fingerprint density at radius 1 is 1.30 bits per heavy atom. The van der Waals surface area contributed by atoms with Crippen LogP contribution in [0.4, 0.5) is 17.2 Å². The van der Waals surface area contributed by atoms with Crippen molar-refractivity contribution >= 4 is 44.7 Å². The Bertz CT molecular complexity index is 983. The predicted octanol–water partition coefficient (Wildman–Crippen LogP) is 3.67. The molecule has 1 atom stereocenters. The highest BCUT2D eigenvalue weighted by atomic mass is 32.1. The molecule has 6 nitrogen and oxygen atoms in total. The van der Waals surface area contributed by atoms with Crippen LogP contribution < -0.4 is 15.1 Å². The second kappa shape index (κ2) is 7.15. The maximum atomic E-state index is 13.0. The summed E-state index contributed by atoms with van der Waals surface area (Å²) in [7, 11) is 4.04. The summed E-state index contributed by atoms with van der Waals surface area (Å²) >= 11 is 1.60. The third kappa shape index (κ3) is 3.35. The maximum absolute atomic E-state index is 13.0. The van der Waals surface area contributed by atoms with E-state index in [9.17, 15) is 4.79 Å². The molecule has 1 fully saturated rings. The summed E-state index contributed by atoms with van der Waals surface area (Å²) < 4.78 is 0.